The summed E-state index contributed by atoms with van der Waals surface area (Å²) >= 11 is 0. The second-order valence-corrected chi connectivity index (χ2v) is 4.81. The number of likely N-dealkylation sites (N-methyl/N-ethyl adjacent to an activating group) is 1. The van der Waals surface area contributed by atoms with Crippen LogP contribution in [-0.2, 0) is 6.54 Å². The molecule has 0 aliphatic rings. The topological polar surface area (TPSA) is 36.3 Å². The van der Waals surface area contributed by atoms with Crippen LogP contribution in [0.5, 0.6) is 5.75 Å². The Balaban J connectivity index is 1.85. The lowest BCUT2D eigenvalue weighted by Crippen LogP contribution is -2.27. The minimum absolute atomic E-state index is 0.583. The van der Waals surface area contributed by atoms with Crippen LogP contribution in [0.3, 0.4) is 0 Å². The van der Waals surface area contributed by atoms with Gasteiger partial charge in [0.1, 0.15) is 18.4 Å². The third-order valence-corrected chi connectivity index (χ3v) is 3.37. The van der Waals surface area contributed by atoms with Crippen LogP contribution in [-0.4, -0.2) is 24.6 Å². The Bertz CT molecular complexity index is 590. The van der Waals surface area contributed by atoms with Crippen molar-refractivity contribution in [3.63, 3.8) is 0 Å². The summed E-state index contributed by atoms with van der Waals surface area (Å²) in [5, 5.41) is 9.03. The van der Waals surface area contributed by atoms with Gasteiger partial charge in [0.05, 0.1) is 5.56 Å². The van der Waals surface area contributed by atoms with Gasteiger partial charge in [-0.3, -0.25) is 4.90 Å². The molecule has 2 rings (SSSR count). The molecule has 0 radical (unpaired) electrons. The Morgan fingerprint density at radius 2 is 1.76 bits per heavy atom. The zero-order chi connectivity index (χ0) is 14.9. The van der Waals surface area contributed by atoms with Gasteiger partial charge in [0.2, 0.25) is 0 Å². The average Bonchev–Trinajstić information content (AvgIpc) is 2.55. The molecule has 0 saturated heterocycles. The lowest BCUT2D eigenvalue weighted by Gasteiger charge is -2.20. The van der Waals surface area contributed by atoms with Gasteiger partial charge < -0.3 is 4.74 Å². The number of nitrogens with zero attached hydrogens (tertiary/aromatic N) is 2. The number of ether oxygens (including phenoxy) is 1. The molecule has 2 aromatic rings. The first-order valence-corrected chi connectivity index (χ1v) is 7.21. The van der Waals surface area contributed by atoms with Crippen LogP contribution in [0.15, 0.2) is 54.6 Å². The first-order chi connectivity index (χ1) is 10.3. The Morgan fingerprint density at radius 3 is 2.48 bits per heavy atom. The summed E-state index contributed by atoms with van der Waals surface area (Å²) in [5.41, 5.74) is 1.89. The summed E-state index contributed by atoms with van der Waals surface area (Å²) in [5.74, 6) is 0.663. The van der Waals surface area contributed by atoms with E-state index in [1.807, 2.05) is 24.3 Å². The smallest absolute Gasteiger partial charge is 0.137 e. The first kappa shape index (κ1) is 15.1. The minimum Gasteiger partial charge on any atom is -0.491 e. The molecule has 0 unspecified atom stereocenters. The summed E-state index contributed by atoms with van der Waals surface area (Å²) in [6.07, 6.45) is 0. The Morgan fingerprint density at radius 1 is 1.05 bits per heavy atom. The maximum Gasteiger partial charge on any atom is 0.137 e. The molecule has 3 heteroatoms. The number of para-hydroxylation sites is 1. The van der Waals surface area contributed by atoms with Crippen molar-refractivity contribution in [1.29, 1.82) is 5.26 Å². The van der Waals surface area contributed by atoms with Crippen molar-refractivity contribution in [3.05, 3.63) is 65.7 Å². The van der Waals surface area contributed by atoms with Crippen LogP contribution in [0.1, 0.15) is 18.1 Å². The number of hydrogen-bond donors (Lipinski definition) is 0. The second kappa shape index (κ2) is 8.08. The van der Waals surface area contributed by atoms with E-state index >= 15 is 0 Å². The standard InChI is InChI=1S/C18H20N2O/c1-2-20(15-16-8-4-3-5-9-16)12-13-21-18-11-7-6-10-17(18)14-19/h3-11H,2,12-13,15H2,1H3. The molecule has 0 aliphatic carbocycles. The molecular weight excluding hydrogens is 260 g/mol. The van der Waals surface area contributed by atoms with Gasteiger partial charge in [0.15, 0.2) is 0 Å². The molecule has 0 fully saturated rings. The number of nitriles is 1. The maximum atomic E-state index is 9.03. The number of benzene rings is 2. The monoisotopic (exact) mass is 280 g/mol. The fraction of sp³-hybridized carbons (Fsp3) is 0.278. The molecule has 0 aliphatic heterocycles. The van der Waals surface area contributed by atoms with Crippen molar-refractivity contribution in [1.82, 2.24) is 4.90 Å². The summed E-state index contributed by atoms with van der Waals surface area (Å²) in [6.45, 7) is 5.45. The summed E-state index contributed by atoms with van der Waals surface area (Å²) in [4.78, 5) is 2.32. The van der Waals surface area contributed by atoms with Gasteiger partial charge in [-0.2, -0.15) is 5.26 Å². The molecule has 0 atom stereocenters. The number of hydrogen-bond acceptors (Lipinski definition) is 3. The van der Waals surface area contributed by atoms with Crippen LogP contribution in [0.2, 0.25) is 0 Å². The molecule has 0 bridgehead atoms. The Kier molecular flexibility index (Phi) is 5.81. The predicted molar refractivity (Wildman–Crippen MR) is 84.0 cm³/mol. The maximum absolute atomic E-state index is 9.03. The predicted octanol–water partition coefficient (Wildman–Crippen LogP) is 3.46. The molecule has 21 heavy (non-hydrogen) atoms. The van der Waals surface area contributed by atoms with Crippen LogP contribution >= 0.6 is 0 Å². The molecule has 0 spiro atoms. The van der Waals surface area contributed by atoms with Gasteiger partial charge in [0, 0.05) is 13.1 Å². The van der Waals surface area contributed by atoms with Crippen molar-refractivity contribution < 1.29 is 4.74 Å². The molecule has 2 aromatic carbocycles. The van der Waals surface area contributed by atoms with E-state index in [0.717, 1.165) is 19.6 Å². The first-order valence-electron chi connectivity index (χ1n) is 7.21. The van der Waals surface area contributed by atoms with E-state index < -0.39 is 0 Å². The number of rotatable bonds is 7. The molecule has 108 valence electrons. The minimum atomic E-state index is 0.583. The third kappa shape index (κ3) is 4.62. The van der Waals surface area contributed by atoms with Crippen LogP contribution in [0.4, 0.5) is 0 Å². The van der Waals surface area contributed by atoms with E-state index in [1.54, 1.807) is 6.07 Å². The molecule has 0 aromatic heterocycles. The van der Waals surface area contributed by atoms with Crippen molar-refractivity contribution in [3.8, 4) is 11.8 Å². The normalized spacial score (nSPS) is 10.3. The van der Waals surface area contributed by atoms with Crippen molar-refractivity contribution >= 4 is 0 Å². The van der Waals surface area contributed by atoms with Gasteiger partial charge in [-0.15, -0.1) is 0 Å². The highest BCUT2D eigenvalue weighted by Crippen LogP contribution is 2.16. The fourth-order valence-electron chi connectivity index (χ4n) is 2.16. The highest BCUT2D eigenvalue weighted by molar-refractivity contribution is 5.42. The van der Waals surface area contributed by atoms with E-state index in [9.17, 15) is 0 Å². The van der Waals surface area contributed by atoms with Crippen molar-refractivity contribution in [2.75, 3.05) is 19.7 Å². The zero-order valence-electron chi connectivity index (χ0n) is 12.3. The second-order valence-electron chi connectivity index (χ2n) is 4.81. The highest BCUT2D eigenvalue weighted by atomic mass is 16.5. The van der Waals surface area contributed by atoms with Gasteiger partial charge in [0.25, 0.3) is 0 Å². The average molecular weight is 280 g/mol. The SMILES string of the molecule is CCN(CCOc1ccccc1C#N)Cc1ccccc1. The van der Waals surface area contributed by atoms with E-state index in [4.69, 9.17) is 10.00 Å². The van der Waals surface area contributed by atoms with Gasteiger partial charge in [-0.1, -0.05) is 49.4 Å². The lowest BCUT2D eigenvalue weighted by atomic mass is 10.2. The fourth-order valence-corrected chi connectivity index (χ4v) is 2.16. The van der Waals surface area contributed by atoms with Gasteiger partial charge >= 0.3 is 0 Å². The summed E-state index contributed by atoms with van der Waals surface area (Å²) < 4.78 is 5.73. The molecule has 3 nitrogen and oxygen atoms in total. The Hall–Kier alpha value is -2.31. The quantitative estimate of drug-likeness (QED) is 0.779. The summed E-state index contributed by atoms with van der Waals surface area (Å²) in [7, 11) is 0. The highest BCUT2D eigenvalue weighted by Gasteiger charge is 2.05. The largest absolute Gasteiger partial charge is 0.491 e. The van der Waals surface area contributed by atoms with Crippen LogP contribution < -0.4 is 4.74 Å². The lowest BCUT2D eigenvalue weighted by molar-refractivity contribution is 0.210. The molecule has 0 heterocycles. The van der Waals surface area contributed by atoms with Crippen LogP contribution in [0.25, 0.3) is 0 Å². The van der Waals surface area contributed by atoms with E-state index in [-0.39, 0.29) is 0 Å². The van der Waals surface area contributed by atoms with E-state index in [1.165, 1.54) is 5.56 Å². The van der Waals surface area contributed by atoms with Crippen molar-refractivity contribution in [2.24, 2.45) is 0 Å². The van der Waals surface area contributed by atoms with Crippen LogP contribution in [0, 0.1) is 11.3 Å². The third-order valence-electron chi connectivity index (χ3n) is 3.37. The van der Waals surface area contributed by atoms with Gasteiger partial charge in [-0.25, -0.2) is 0 Å². The molecule has 0 saturated carbocycles. The van der Waals surface area contributed by atoms with Gasteiger partial charge in [-0.05, 0) is 24.2 Å². The van der Waals surface area contributed by atoms with E-state index in [2.05, 4.69) is 42.2 Å². The van der Waals surface area contributed by atoms with Crippen molar-refractivity contribution in [2.45, 2.75) is 13.5 Å². The van der Waals surface area contributed by atoms with E-state index in [0.29, 0.717) is 17.9 Å². The molecule has 0 amide bonds. The Labute approximate surface area is 126 Å². The molecule has 0 N–H and O–H groups in total. The summed E-state index contributed by atoms with van der Waals surface area (Å²) in [6, 6.07) is 19.9. The zero-order valence-corrected chi connectivity index (χ0v) is 12.3. The molecular formula is C18H20N2O.